The van der Waals surface area contributed by atoms with Crippen molar-refractivity contribution in [3.8, 4) is 0 Å². The first-order valence-corrected chi connectivity index (χ1v) is 7.23. The van der Waals surface area contributed by atoms with Crippen molar-refractivity contribution in [1.29, 1.82) is 0 Å². The number of likely N-dealkylation sites (tertiary alicyclic amines) is 1. The Kier molecular flexibility index (Phi) is 4.83. The van der Waals surface area contributed by atoms with Crippen molar-refractivity contribution >= 4 is 0 Å². The van der Waals surface area contributed by atoms with Gasteiger partial charge in [-0.1, -0.05) is 13.8 Å². The van der Waals surface area contributed by atoms with Crippen molar-refractivity contribution in [3.63, 3.8) is 0 Å². The van der Waals surface area contributed by atoms with Gasteiger partial charge in [0.2, 0.25) is 0 Å². The number of ether oxygens (including phenoxy) is 1. The molecule has 1 N–H and O–H groups in total. The van der Waals surface area contributed by atoms with Gasteiger partial charge in [0.1, 0.15) is 0 Å². The summed E-state index contributed by atoms with van der Waals surface area (Å²) in [6.45, 7) is 12.6. The van der Waals surface area contributed by atoms with E-state index in [1.165, 1.54) is 25.9 Å². The first-order chi connectivity index (χ1) is 8.16. The van der Waals surface area contributed by atoms with E-state index in [2.05, 4.69) is 31.0 Å². The van der Waals surface area contributed by atoms with Gasteiger partial charge in [-0.05, 0) is 31.6 Å². The van der Waals surface area contributed by atoms with Crippen molar-refractivity contribution in [2.24, 2.45) is 11.8 Å². The van der Waals surface area contributed by atoms with E-state index in [4.69, 9.17) is 4.74 Å². The SMILES string of the molecule is CC1CC(C)C(C)N(CCC2CNCCO2)C1. The van der Waals surface area contributed by atoms with Gasteiger partial charge in [0, 0.05) is 32.2 Å². The van der Waals surface area contributed by atoms with E-state index >= 15 is 0 Å². The third-order valence-corrected chi connectivity index (χ3v) is 4.46. The average molecular weight is 240 g/mol. The Bertz CT molecular complexity index is 228. The summed E-state index contributed by atoms with van der Waals surface area (Å²) in [4.78, 5) is 2.66. The Balaban J connectivity index is 1.76. The van der Waals surface area contributed by atoms with Crippen molar-refractivity contribution in [2.45, 2.75) is 45.8 Å². The van der Waals surface area contributed by atoms with E-state index in [9.17, 15) is 0 Å². The van der Waals surface area contributed by atoms with Gasteiger partial charge in [-0.15, -0.1) is 0 Å². The van der Waals surface area contributed by atoms with Crippen LogP contribution >= 0.6 is 0 Å². The van der Waals surface area contributed by atoms with Gasteiger partial charge in [0.05, 0.1) is 12.7 Å². The molecule has 2 aliphatic rings. The fourth-order valence-corrected chi connectivity index (χ4v) is 3.24. The Morgan fingerprint density at radius 1 is 1.29 bits per heavy atom. The molecular formula is C14H28N2O. The third-order valence-electron chi connectivity index (χ3n) is 4.46. The van der Waals surface area contributed by atoms with Crippen LogP contribution < -0.4 is 5.32 Å². The first-order valence-electron chi connectivity index (χ1n) is 7.23. The Morgan fingerprint density at radius 3 is 2.82 bits per heavy atom. The maximum atomic E-state index is 5.77. The molecule has 100 valence electrons. The normalized spacial score (nSPS) is 40.4. The fraction of sp³-hybridized carbons (Fsp3) is 1.00. The highest BCUT2D eigenvalue weighted by Crippen LogP contribution is 2.27. The van der Waals surface area contributed by atoms with Crippen LogP contribution in [0.3, 0.4) is 0 Å². The van der Waals surface area contributed by atoms with Crippen LogP contribution in [0.25, 0.3) is 0 Å². The van der Waals surface area contributed by atoms with Crippen LogP contribution in [0, 0.1) is 11.8 Å². The molecule has 3 nitrogen and oxygen atoms in total. The summed E-state index contributed by atoms with van der Waals surface area (Å²) in [5.41, 5.74) is 0. The predicted octanol–water partition coefficient (Wildman–Crippen LogP) is 1.73. The second-order valence-electron chi connectivity index (χ2n) is 6.04. The topological polar surface area (TPSA) is 24.5 Å². The summed E-state index contributed by atoms with van der Waals surface area (Å²) in [7, 11) is 0. The smallest absolute Gasteiger partial charge is 0.0712 e. The molecule has 2 rings (SSSR count). The Labute approximate surface area is 106 Å². The molecule has 4 atom stereocenters. The second kappa shape index (κ2) is 6.17. The number of hydrogen-bond acceptors (Lipinski definition) is 3. The minimum atomic E-state index is 0.434. The molecule has 0 aromatic rings. The van der Waals surface area contributed by atoms with E-state index in [-0.39, 0.29) is 0 Å². The van der Waals surface area contributed by atoms with E-state index in [1.807, 2.05) is 0 Å². The van der Waals surface area contributed by atoms with E-state index in [0.717, 1.165) is 37.6 Å². The van der Waals surface area contributed by atoms with Gasteiger partial charge in [0.15, 0.2) is 0 Å². The van der Waals surface area contributed by atoms with Crippen LogP contribution in [0.2, 0.25) is 0 Å². The molecule has 0 aromatic heterocycles. The second-order valence-corrected chi connectivity index (χ2v) is 6.04. The zero-order valence-electron chi connectivity index (χ0n) is 11.6. The van der Waals surface area contributed by atoms with Gasteiger partial charge in [0.25, 0.3) is 0 Å². The molecule has 0 bridgehead atoms. The highest BCUT2D eigenvalue weighted by atomic mass is 16.5. The molecule has 0 saturated carbocycles. The highest BCUT2D eigenvalue weighted by Gasteiger charge is 2.29. The monoisotopic (exact) mass is 240 g/mol. The summed E-state index contributed by atoms with van der Waals surface area (Å²) in [5.74, 6) is 1.69. The summed E-state index contributed by atoms with van der Waals surface area (Å²) < 4.78 is 5.77. The molecular weight excluding hydrogens is 212 g/mol. The lowest BCUT2D eigenvalue weighted by atomic mass is 9.86. The van der Waals surface area contributed by atoms with E-state index < -0.39 is 0 Å². The van der Waals surface area contributed by atoms with Crippen LogP contribution in [-0.4, -0.2) is 49.8 Å². The molecule has 0 amide bonds. The van der Waals surface area contributed by atoms with Gasteiger partial charge < -0.3 is 15.0 Å². The Morgan fingerprint density at radius 2 is 2.12 bits per heavy atom. The quantitative estimate of drug-likeness (QED) is 0.813. The first kappa shape index (κ1) is 13.3. The lowest BCUT2D eigenvalue weighted by molar-refractivity contribution is 0.00482. The molecule has 0 spiro atoms. The van der Waals surface area contributed by atoms with Crippen LogP contribution in [0.5, 0.6) is 0 Å². The van der Waals surface area contributed by atoms with Crippen LogP contribution in [-0.2, 0) is 4.74 Å². The lowest BCUT2D eigenvalue weighted by Crippen LogP contribution is -2.48. The number of rotatable bonds is 3. The van der Waals surface area contributed by atoms with Gasteiger partial charge in [-0.2, -0.15) is 0 Å². The summed E-state index contributed by atoms with van der Waals surface area (Å²) >= 11 is 0. The molecule has 0 radical (unpaired) electrons. The molecule has 3 heteroatoms. The maximum absolute atomic E-state index is 5.77. The molecule has 2 heterocycles. The van der Waals surface area contributed by atoms with Crippen LogP contribution in [0.1, 0.15) is 33.6 Å². The highest BCUT2D eigenvalue weighted by molar-refractivity contribution is 4.82. The average Bonchev–Trinajstić information content (AvgIpc) is 2.33. The zero-order valence-corrected chi connectivity index (χ0v) is 11.6. The fourth-order valence-electron chi connectivity index (χ4n) is 3.24. The number of piperidine rings is 1. The van der Waals surface area contributed by atoms with Crippen LogP contribution in [0.15, 0.2) is 0 Å². The van der Waals surface area contributed by atoms with Gasteiger partial charge in [-0.3, -0.25) is 0 Å². The Hall–Kier alpha value is -0.120. The zero-order chi connectivity index (χ0) is 12.3. The van der Waals surface area contributed by atoms with Crippen molar-refractivity contribution in [1.82, 2.24) is 10.2 Å². The van der Waals surface area contributed by atoms with Crippen molar-refractivity contribution < 1.29 is 4.74 Å². The number of nitrogens with zero attached hydrogens (tertiary/aromatic N) is 1. The predicted molar refractivity (Wildman–Crippen MR) is 71.2 cm³/mol. The van der Waals surface area contributed by atoms with Crippen LogP contribution in [0.4, 0.5) is 0 Å². The molecule has 0 aliphatic carbocycles. The minimum absolute atomic E-state index is 0.434. The van der Waals surface area contributed by atoms with E-state index in [0.29, 0.717) is 6.10 Å². The van der Waals surface area contributed by atoms with E-state index in [1.54, 1.807) is 0 Å². The largest absolute Gasteiger partial charge is 0.376 e. The molecule has 2 saturated heterocycles. The third kappa shape index (κ3) is 3.67. The summed E-state index contributed by atoms with van der Waals surface area (Å²) in [5, 5.41) is 3.41. The lowest BCUT2D eigenvalue weighted by Gasteiger charge is -2.41. The maximum Gasteiger partial charge on any atom is 0.0712 e. The number of nitrogens with one attached hydrogen (secondary N) is 1. The summed E-state index contributed by atoms with van der Waals surface area (Å²) in [6.07, 6.45) is 3.00. The molecule has 2 fully saturated rings. The molecule has 17 heavy (non-hydrogen) atoms. The number of morpholine rings is 1. The van der Waals surface area contributed by atoms with Gasteiger partial charge >= 0.3 is 0 Å². The number of hydrogen-bond donors (Lipinski definition) is 1. The summed E-state index contributed by atoms with van der Waals surface area (Å²) in [6, 6.07) is 0.739. The van der Waals surface area contributed by atoms with Gasteiger partial charge in [-0.25, -0.2) is 0 Å². The van der Waals surface area contributed by atoms with Crippen molar-refractivity contribution in [2.75, 3.05) is 32.8 Å². The molecule has 4 unspecified atom stereocenters. The standard InChI is InChI=1S/C14H28N2O/c1-11-8-12(2)13(3)16(10-11)6-4-14-9-15-5-7-17-14/h11-15H,4-10H2,1-3H3. The minimum Gasteiger partial charge on any atom is -0.376 e. The van der Waals surface area contributed by atoms with Crippen molar-refractivity contribution in [3.05, 3.63) is 0 Å². The molecule has 0 aromatic carbocycles. The molecule has 2 aliphatic heterocycles.